The molecule has 0 aliphatic rings. The average Bonchev–Trinajstić information content (AvgIpc) is 2.94. The van der Waals surface area contributed by atoms with Crippen molar-refractivity contribution in [2.45, 2.75) is 25.8 Å². The molecule has 1 aromatic heterocycles. The molecule has 0 aliphatic carbocycles. The number of hydrogen-bond acceptors (Lipinski definition) is 3. The molecule has 1 amide bonds. The molecule has 1 heterocycles. The molecule has 0 radical (unpaired) electrons. The van der Waals surface area contributed by atoms with Gasteiger partial charge in [-0.3, -0.25) is 9.69 Å². The Morgan fingerprint density at radius 1 is 1.21 bits per heavy atom. The number of aromatic nitrogens is 2. The first-order chi connectivity index (χ1) is 11.4. The van der Waals surface area contributed by atoms with Crippen LogP contribution in [0.15, 0.2) is 36.7 Å². The lowest BCUT2D eigenvalue weighted by molar-refractivity contribution is -0.135. The quantitative estimate of drug-likeness (QED) is 0.784. The predicted molar refractivity (Wildman–Crippen MR) is 96.8 cm³/mol. The van der Waals surface area contributed by atoms with Crippen LogP contribution in [0.1, 0.15) is 29.4 Å². The van der Waals surface area contributed by atoms with E-state index >= 15 is 0 Å². The molecule has 0 fully saturated rings. The molecule has 0 unspecified atom stereocenters. The number of carbonyl (C=O) groups excluding carboxylic acids is 1. The van der Waals surface area contributed by atoms with E-state index in [0.29, 0.717) is 0 Å². The Labute approximate surface area is 144 Å². The Hall–Kier alpha value is -2.14. The van der Waals surface area contributed by atoms with Crippen molar-refractivity contribution in [2.75, 3.05) is 27.7 Å². The van der Waals surface area contributed by atoms with Gasteiger partial charge in [0, 0.05) is 39.5 Å². The van der Waals surface area contributed by atoms with Crippen LogP contribution >= 0.6 is 0 Å². The van der Waals surface area contributed by atoms with Gasteiger partial charge in [-0.2, -0.15) is 0 Å². The molecule has 2 aromatic rings. The minimum absolute atomic E-state index is 0.128. The summed E-state index contributed by atoms with van der Waals surface area (Å²) in [6, 6.07) is 7.95. The zero-order valence-corrected chi connectivity index (χ0v) is 15.4. The van der Waals surface area contributed by atoms with E-state index in [1.807, 2.05) is 67.1 Å². The zero-order valence-electron chi connectivity index (χ0n) is 15.4. The molecule has 1 atom stereocenters. The third-order valence-electron chi connectivity index (χ3n) is 4.33. The first kappa shape index (κ1) is 18.2. The van der Waals surface area contributed by atoms with Crippen LogP contribution in [0.5, 0.6) is 0 Å². The van der Waals surface area contributed by atoms with Crippen molar-refractivity contribution in [3.63, 3.8) is 0 Å². The molecule has 0 N–H and O–H groups in total. The van der Waals surface area contributed by atoms with Crippen LogP contribution in [-0.2, 0) is 18.3 Å². The fraction of sp³-hybridized carbons (Fsp3) is 0.474. The van der Waals surface area contributed by atoms with E-state index < -0.39 is 0 Å². The van der Waals surface area contributed by atoms with Crippen molar-refractivity contribution in [2.24, 2.45) is 7.05 Å². The van der Waals surface area contributed by atoms with Gasteiger partial charge in [-0.05, 0) is 33.0 Å². The second kappa shape index (κ2) is 8.11. The molecule has 24 heavy (non-hydrogen) atoms. The van der Waals surface area contributed by atoms with Crippen LogP contribution in [0, 0.1) is 6.92 Å². The molecule has 0 spiro atoms. The Morgan fingerprint density at radius 2 is 1.88 bits per heavy atom. The molecular formula is C19H28N4O. The average molecular weight is 328 g/mol. The van der Waals surface area contributed by atoms with Gasteiger partial charge in [0.2, 0.25) is 5.91 Å². The number of carbonyl (C=O) groups is 1. The third-order valence-corrected chi connectivity index (χ3v) is 4.33. The molecular weight excluding hydrogens is 300 g/mol. The molecule has 0 aliphatic heterocycles. The highest BCUT2D eigenvalue weighted by molar-refractivity contribution is 5.83. The van der Waals surface area contributed by atoms with Crippen molar-refractivity contribution < 1.29 is 4.79 Å². The van der Waals surface area contributed by atoms with Crippen LogP contribution in [0.25, 0.3) is 0 Å². The van der Waals surface area contributed by atoms with Crippen LogP contribution in [-0.4, -0.2) is 52.9 Å². The van der Waals surface area contributed by atoms with Gasteiger partial charge in [0.1, 0.15) is 11.9 Å². The maximum absolute atomic E-state index is 12.9. The van der Waals surface area contributed by atoms with E-state index in [9.17, 15) is 4.79 Å². The summed E-state index contributed by atoms with van der Waals surface area (Å²) in [7, 11) is 7.77. The van der Waals surface area contributed by atoms with Crippen LogP contribution in [0.4, 0.5) is 0 Å². The second-order valence-electron chi connectivity index (χ2n) is 6.59. The van der Waals surface area contributed by atoms with Gasteiger partial charge in [-0.1, -0.05) is 29.8 Å². The van der Waals surface area contributed by atoms with Gasteiger partial charge in [0.05, 0.1) is 0 Å². The normalized spacial score (nSPS) is 12.4. The molecule has 130 valence electrons. The van der Waals surface area contributed by atoms with E-state index in [-0.39, 0.29) is 11.9 Å². The van der Waals surface area contributed by atoms with Gasteiger partial charge in [0.15, 0.2) is 0 Å². The number of rotatable bonds is 7. The number of benzene rings is 1. The summed E-state index contributed by atoms with van der Waals surface area (Å²) >= 11 is 0. The lowest BCUT2D eigenvalue weighted by Crippen LogP contribution is -2.39. The maximum atomic E-state index is 12.9. The van der Waals surface area contributed by atoms with E-state index in [2.05, 4.69) is 24.0 Å². The summed E-state index contributed by atoms with van der Waals surface area (Å²) in [5.41, 5.74) is 2.23. The topological polar surface area (TPSA) is 41.4 Å². The highest BCUT2D eigenvalue weighted by atomic mass is 16.2. The maximum Gasteiger partial charge on any atom is 0.244 e. The first-order valence-electron chi connectivity index (χ1n) is 8.34. The van der Waals surface area contributed by atoms with Crippen molar-refractivity contribution in [3.05, 3.63) is 53.6 Å². The third kappa shape index (κ3) is 4.45. The smallest absolute Gasteiger partial charge is 0.244 e. The fourth-order valence-electron chi connectivity index (χ4n) is 2.84. The summed E-state index contributed by atoms with van der Waals surface area (Å²) in [5, 5.41) is 0. The van der Waals surface area contributed by atoms with Gasteiger partial charge < -0.3 is 9.47 Å². The van der Waals surface area contributed by atoms with Crippen molar-refractivity contribution in [1.29, 1.82) is 0 Å². The molecule has 5 heteroatoms. The van der Waals surface area contributed by atoms with E-state index in [0.717, 1.165) is 30.8 Å². The number of hydrogen-bond donors (Lipinski definition) is 0. The van der Waals surface area contributed by atoms with Crippen LogP contribution in [0.3, 0.4) is 0 Å². The molecule has 0 bridgehead atoms. The SMILES string of the molecule is Cc1ccc([C@@H](C(=O)N(C)CCCc2nccn2C)N(C)C)cc1. The van der Waals surface area contributed by atoms with Crippen molar-refractivity contribution >= 4 is 5.91 Å². The number of aryl methyl sites for hydroxylation is 3. The summed E-state index contributed by atoms with van der Waals surface area (Å²) < 4.78 is 2.02. The molecule has 0 saturated heterocycles. The van der Waals surface area contributed by atoms with E-state index in [1.54, 1.807) is 0 Å². The van der Waals surface area contributed by atoms with Gasteiger partial charge in [0.25, 0.3) is 0 Å². The van der Waals surface area contributed by atoms with Crippen LogP contribution in [0.2, 0.25) is 0 Å². The van der Waals surface area contributed by atoms with Crippen LogP contribution < -0.4 is 0 Å². The number of amides is 1. The van der Waals surface area contributed by atoms with Gasteiger partial charge in [-0.15, -0.1) is 0 Å². The first-order valence-corrected chi connectivity index (χ1v) is 8.34. The Kier molecular flexibility index (Phi) is 6.15. The summed E-state index contributed by atoms with van der Waals surface area (Å²) in [6.45, 7) is 2.78. The second-order valence-corrected chi connectivity index (χ2v) is 6.59. The summed E-state index contributed by atoms with van der Waals surface area (Å²) in [5.74, 6) is 1.18. The number of nitrogens with zero attached hydrogens (tertiary/aromatic N) is 4. The number of likely N-dealkylation sites (N-methyl/N-ethyl adjacent to an activating group) is 2. The lowest BCUT2D eigenvalue weighted by Gasteiger charge is -2.28. The summed E-state index contributed by atoms with van der Waals surface area (Å²) in [4.78, 5) is 21.0. The molecule has 5 nitrogen and oxygen atoms in total. The molecule has 0 saturated carbocycles. The minimum atomic E-state index is -0.247. The molecule has 2 rings (SSSR count). The predicted octanol–water partition coefficient (Wildman–Crippen LogP) is 2.42. The van der Waals surface area contributed by atoms with Gasteiger partial charge in [-0.25, -0.2) is 4.98 Å². The summed E-state index contributed by atoms with van der Waals surface area (Å²) in [6.07, 6.45) is 5.53. The van der Waals surface area contributed by atoms with Crippen molar-refractivity contribution in [1.82, 2.24) is 19.4 Å². The monoisotopic (exact) mass is 328 g/mol. The highest BCUT2D eigenvalue weighted by Crippen LogP contribution is 2.21. The van der Waals surface area contributed by atoms with E-state index in [1.165, 1.54) is 5.56 Å². The number of imidazole rings is 1. The fourth-order valence-corrected chi connectivity index (χ4v) is 2.84. The Morgan fingerprint density at radius 3 is 2.42 bits per heavy atom. The molecule has 1 aromatic carbocycles. The standard InChI is InChI=1S/C19H28N4O/c1-15-8-10-16(11-9-15)18(21(2)3)19(24)23(5)13-6-7-17-20-12-14-22(17)4/h8-12,14,18H,6-7,13H2,1-5H3/t18-/m0/s1. The largest absolute Gasteiger partial charge is 0.344 e. The Balaban J connectivity index is 1.98. The zero-order chi connectivity index (χ0) is 17.7. The highest BCUT2D eigenvalue weighted by Gasteiger charge is 2.25. The van der Waals surface area contributed by atoms with E-state index in [4.69, 9.17) is 0 Å². The Bertz CT molecular complexity index is 660. The van der Waals surface area contributed by atoms with Gasteiger partial charge >= 0.3 is 0 Å². The van der Waals surface area contributed by atoms with Crippen molar-refractivity contribution in [3.8, 4) is 0 Å². The minimum Gasteiger partial charge on any atom is -0.344 e. The lowest BCUT2D eigenvalue weighted by atomic mass is 10.0.